The summed E-state index contributed by atoms with van der Waals surface area (Å²) in [5.74, 6) is -1.05. The fraction of sp³-hybridized carbons (Fsp3) is 0.364. The number of aromatic nitrogens is 1. The van der Waals surface area contributed by atoms with Crippen LogP contribution in [0.4, 0.5) is 5.69 Å². The van der Waals surface area contributed by atoms with E-state index in [4.69, 9.17) is 0 Å². The predicted octanol–water partition coefficient (Wildman–Crippen LogP) is 2.31. The Morgan fingerprint density at radius 1 is 1.00 bits per heavy atom. The molecule has 2 aromatic rings. The van der Waals surface area contributed by atoms with E-state index in [9.17, 15) is 14.4 Å². The Bertz CT molecular complexity index is 870. The number of carbonyl (C=O) groups excluding carboxylic acids is 3. The first-order valence-corrected chi connectivity index (χ1v) is 9.80. The lowest BCUT2D eigenvalue weighted by Gasteiger charge is -2.32. The fourth-order valence-electron chi connectivity index (χ4n) is 3.52. The van der Waals surface area contributed by atoms with Gasteiger partial charge in [-0.1, -0.05) is 18.2 Å². The van der Waals surface area contributed by atoms with Gasteiger partial charge in [-0.15, -0.1) is 0 Å². The quantitative estimate of drug-likeness (QED) is 0.779. The first-order chi connectivity index (χ1) is 14.0. The van der Waals surface area contributed by atoms with Crippen molar-refractivity contribution in [1.82, 2.24) is 15.2 Å². The molecule has 1 saturated heterocycles. The minimum Gasteiger partial charge on any atom is -0.348 e. The van der Waals surface area contributed by atoms with Crippen LogP contribution in [0.2, 0.25) is 0 Å². The lowest BCUT2D eigenvalue weighted by molar-refractivity contribution is -0.136. The van der Waals surface area contributed by atoms with Gasteiger partial charge in [0.25, 0.3) is 5.91 Å². The van der Waals surface area contributed by atoms with E-state index in [-0.39, 0.29) is 11.8 Å². The number of amides is 3. The number of likely N-dealkylation sites (tertiary alicyclic amines) is 1. The molecule has 2 N–H and O–H groups in total. The molecule has 1 aromatic heterocycles. The van der Waals surface area contributed by atoms with E-state index in [1.165, 1.54) is 0 Å². The molecule has 7 nitrogen and oxygen atoms in total. The third-order valence-corrected chi connectivity index (χ3v) is 5.31. The Morgan fingerprint density at radius 3 is 2.24 bits per heavy atom. The molecular weight excluding hydrogens is 368 g/mol. The molecule has 0 radical (unpaired) electrons. The molecule has 1 aliphatic rings. The molecule has 7 heteroatoms. The van der Waals surface area contributed by atoms with Crippen molar-refractivity contribution in [2.75, 3.05) is 25.0 Å². The number of para-hydroxylation sites is 1. The van der Waals surface area contributed by atoms with Crippen LogP contribution in [0.5, 0.6) is 0 Å². The molecule has 0 spiro atoms. The summed E-state index contributed by atoms with van der Waals surface area (Å²) in [5.41, 5.74) is 3.14. The summed E-state index contributed by atoms with van der Waals surface area (Å²) in [6.45, 7) is 5.48. The Morgan fingerprint density at radius 2 is 1.62 bits per heavy atom. The number of pyridine rings is 1. The second-order valence-corrected chi connectivity index (χ2v) is 7.40. The average Bonchev–Trinajstić information content (AvgIpc) is 2.75. The zero-order valence-electron chi connectivity index (χ0n) is 16.8. The summed E-state index contributed by atoms with van der Waals surface area (Å²) in [6.07, 6.45) is 4.79. The van der Waals surface area contributed by atoms with Gasteiger partial charge in [0.2, 0.25) is 0 Å². The molecule has 1 aliphatic heterocycles. The Balaban J connectivity index is 1.44. The summed E-state index contributed by atoms with van der Waals surface area (Å²) >= 11 is 0. The van der Waals surface area contributed by atoms with Crippen LogP contribution in [0.1, 0.15) is 34.3 Å². The maximum Gasteiger partial charge on any atom is 0.313 e. The number of carbonyl (C=O) groups is 3. The van der Waals surface area contributed by atoms with Crippen molar-refractivity contribution in [3.05, 3.63) is 59.4 Å². The van der Waals surface area contributed by atoms with Crippen molar-refractivity contribution in [3.8, 4) is 0 Å². The number of aryl methyl sites for hydroxylation is 2. The van der Waals surface area contributed by atoms with Gasteiger partial charge in [-0.3, -0.25) is 19.4 Å². The SMILES string of the molecule is Cc1cccc(C)c1NC(=O)C(=O)NCC1CCN(C(=O)c2ccncc2)CC1. The molecule has 2 heterocycles. The third kappa shape index (κ3) is 5.19. The van der Waals surface area contributed by atoms with E-state index in [0.717, 1.165) is 24.0 Å². The van der Waals surface area contributed by atoms with Crippen LogP contribution >= 0.6 is 0 Å². The van der Waals surface area contributed by atoms with Crippen molar-refractivity contribution in [2.45, 2.75) is 26.7 Å². The smallest absolute Gasteiger partial charge is 0.313 e. The first-order valence-electron chi connectivity index (χ1n) is 9.80. The van der Waals surface area contributed by atoms with Gasteiger partial charge in [-0.2, -0.15) is 0 Å². The summed E-state index contributed by atoms with van der Waals surface area (Å²) in [6, 6.07) is 9.11. The predicted molar refractivity (Wildman–Crippen MR) is 110 cm³/mol. The molecule has 0 unspecified atom stereocenters. The van der Waals surface area contributed by atoms with Gasteiger partial charge < -0.3 is 15.5 Å². The normalized spacial score (nSPS) is 14.3. The van der Waals surface area contributed by atoms with Crippen molar-refractivity contribution in [1.29, 1.82) is 0 Å². The molecule has 0 aliphatic carbocycles. The highest BCUT2D eigenvalue weighted by atomic mass is 16.2. The Labute approximate surface area is 170 Å². The summed E-state index contributed by atoms with van der Waals surface area (Å²) in [4.78, 5) is 42.6. The van der Waals surface area contributed by atoms with E-state index in [0.29, 0.717) is 30.9 Å². The number of piperidine rings is 1. The maximum atomic E-state index is 12.5. The van der Waals surface area contributed by atoms with Crippen molar-refractivity contribution in [3.63, 3.8) is 0 Å². The van der Waals surface area contributed by atoms with Gasteiger partial charge in [0.05, 0.1) is 0 Å². The maximum absolute atomic E-state index is 12.5. The highest BCUT2D eigenvalue weighted by Gasteiger charge is 2.25. The van der Waals surface area contributed by atoms with E-state index in [1.54, 1.807) is 24.5 Å². The molecule has 3 amide bonds. The molecule has 29 heavy (non-hydrogen) atoms. The van der Waals surface area contributed by atoms with Gasteiger partial charge in [-0.25, -0.2) is 0 Å². The molecule has 152 valence electrons. The largest absolute Gasteiger partial charge is 0.348 e. The molecule has 0 saturated carbocycles. The van der Waals surface area contributed by atoms with Crippen LogP contribution in [-0.2, 0) is 9.59 Å². The number of benzene rings is 1. The molecule has 1 aromatic carbocycles. The van der Waals surface area contributed by atoms with Crippen LogP contribution in [0.25, 0.3) is 0 Å². The van der Waals surface area contributed by atoms with Gasteiger partial charge in [-0.05, 0) is 55.9 Å². The molecular formula is C22H26N4O3. The Kier molecular flexibility index (Phi) is 6.59. The van der Waals surface area contributed by atoms with Crippen molar-refractivity contribution >= 4 is 23.4 Å². The van der Waals surface area contributed by atoms with Crippen LogP contribution in [-0.4, -0.2) is 47.2 Å². The zero-order chi connectivity index (χ0) is 20.8. The number of hydrogen-bond acceptors (Lipinski definition) is 4. The molecule has 0 atom stereocenters. The highest BCUT2D eigenvalue weighted by molar-refractivity contribution is 6.39. The van der Waals surface area contributed by atoms with Gasteiger partial charge >= 0.3 is 11.8 Å². The summed E-state index contributed by atoms with van der Waals surface area (Å²) < 4.78 is 0. The topological polar surface area (TPSA) is 91.4 Å². The minimum absolute atomic E-state index is 0.00265. The van der Waals surface area contributed by atoms with Gasteiger partial charge in [0, 0.05) is 43.3 Å². The molecule has 0 bridgehead atoms. The number of rotatable bonds is 4. The lowest BCUT2D eigenvalue weighted by Crippen LogP contribution is -2.43. The summed E-state index contributed by atoms with van der Waals surface area (Å²) in [5, 5.41) is 5.42. The second kappa shape index (κ2) is 9.32. The average molecular weight is 394 g/mol. The standard InChI is InChI=1S/C22H26N4O3/c1-15-4-3-5-16(2)19(15)25-21(28)20(27)24-14-17-8-12-26(13-9-17)22(29)18-6-10-23-11-7-18/h3-7,10-11,17H,8-9,12-14H2,1-2H3,(H,24,27)(H,25,28). The Hall–Kier alpha value is -3.22. The number of hydrogen-bond donors (Lipinski definition) is 2. The van der Waals surface area contributed by atoms with Crippen molar-refractivity contribution in [2.24, 2.45) is 5.92 Å². The third-order valence-electron chi connectivity index (χ3n) is 5.31. The number of nitrogens with one attached hydrogen (secondary N) is 2. The van der Waals surface area contributed by atoms with Crippen LogP contribution in [0.15, 0.2) is 42.7 Å². The second-order valence-electron chi connectivity index (χ2n) is 7.40. The van der Waals surface area contributed by atoms with Crippen LogP contribution in [0, 0.1) is 19.8 Å². The van der Waals surface area contributed by atoms with E-state index < -0.39 is 11.8 Å². The monoisotopic (exact) mass is 394 g/mol. The van der Waals surface area contributed by atoms with E-state index in [1.807, 2.05) is 36.9 Å². The molecule has 3 rings (SSSR count). The van der Waals surface area contributed by atoms with E-state index >= 15 is 0 Å². The number of anilines is 1. The zero-order valence-corrected chi connectivity index (χ0v) is 16.8. The van der Waals surface area contributed by atoms with Gasteiger partial charge in [0.1, 0.15) is 0 Å². The lowest BCUT2D eigenvalue weighted by atomic mass is 9.96. The molecule has 1 fully saturated rings. The minimum atomic E-state index is -0.660. The first kappa shape index (κ1) is 20.5. The van der Waals surface area contributed by atoms with E-state index in [2.05, 4.69) is 15.6 Å². The van der Waals surface area contributed by atoms with Crippen molar-refractivity contribution < 1.29 is 14.4 Å². The summed E-state index contributed by atoms with van der Waals surface area (Å²) in [7, 11) is 0. The number of nitrogens with zero attached hydrogens (tertiary/aromatic N) is 2. The highest BCUT2D eigenvalue weighted by Crippen LogP contribution is 2.20. The van der Waals surface area contributed by atoms with Crippen LogP contribution in [0.3, 0.4) is 0 Å². The van der Waals surface area contributed by atoms with Gasteiger partial charge in [0.15, 0.2) is 0 Å². The fourth-order valence-corrected chi connectivity index (χ4v) is 3.52. The van der Waals surface area contributed by atoms with Crippen LogP contribution < -0.4 is 10.6 Å².